The average Bonchev–Trinajstić information content (AvgIpc) is 4.01. The Morgan fingerprint density at radius 2 is 1.39 bits per heavy atom. The number of carboxylic acid groups (broad SMARTS) is 3. The number of rotatable bonds is 25. The molecule has 0 bridgehead atoms. The van der Waals surface area contributed by atoms with E-state index in [1.165, 1.54) is 41.7 Å². The molecule has 0 aliphatic carbocycles. The monoisotopic (exact) mass is 1010 g/mol. The summed E-state index contributed by atoms with van der Waals surface area (Å²) in [6.07, 6.45) is -1.94. The molecule has 394 valence electrons. The number of phenols is 1. The molecule has 0 spiro atoms. The summed E-state index contributed by atoms with van der Waals surface area (Å²) in [5, 5.41) is 49.2. The van der Waals surface area contributed by atoms with E-state index in [2.05, 4.69) is 41.5 Å². The number of carbonyl (C=O) groups is 9. The first kappa shape index (κ1) is 59.6. The number of aromatic nitrogens is 2. The van der Waals surface area contributed by atoms with E-state index in [4.69, 9.17) is 32.2 Å². The molecule has 3 rings (SSSR count). The van der Waals surface area contributed by atoms with Crippen molar-refractivity contribution in [3.05, 3.63) is 48.0 Å². The van der Waals surface area contributed by atoms with E-state index in [1.807, 2.05) is 0 Å². The quantitative estimate of drug-likeness (QED) is 0.0309. The van der Waals surface area contributed by atoms with Gasteiger partial charge in [-0.05, 0) is 55.2 Å². The molecule has 2 heterocycles. The highest BCUT2D eigenvalue weighted by atomic mass is 19.4. The molecule has 1 aliphatic heterocycles. The Morgan fingerprint density at radius 3 is 1.92 bits per heavy atom. The smallest absolute Gasteiger partial charge is 0.490 e. The summed E-state index contributed by atoms with van der Waals surface area (Å²) in [6.45, 7) is 6.98. The molecule has 2 aromatic rings. The van der Waals surface area contributed by atoms with Gasteiger partial charge in [0, 0.05) is 37.8 Å². The Bertz CT molecular complexity index is 2170. The second-order valence-corrected chi connectivity index (χ2v) is 16.9. The Balaban J connectivity index is 0.00000229. The van der Waals surface area contributed by atoms with Crippen molar-refractivity contribution in [1.29, 1.82) is 0 Å². The zero-order valence-corrected chi connectivity index (χ0v) is 39.4. The van der Waals surface area contributed by atoms with Crippen LogP contribution in [0.3, 0.4) is 0 Å². The highest BCUT2D eigenvalue weighted by Crippen LogP contribution is 2.21. The summed E-state index contributed by atoms with van der Waals surface area (Å²) in [6, 6.07) is -3.26. The molecule has 0 unspecified atom stereocenters. The van der Waals surface area contributed by atoms with Crippen molar-refractivity contribution in [2.24, 2.45) is 34.0 Å². The van der Waals surface area contributed by atoms with Crippen LogP contribution in [0, 0.1) is 11.8 Å². The fourth-order valence-electron chi connectivity index (χ4n) is 6.98. The van der Waals surface area contributed by atoms with Crippen LogP contribution in [-0.4, -0.2) is 156 Å². The number of phenolic OH excluding ortho intramolecular Hbond substituents is 1. The average molecular weight is 1010 g/mol. The zero-order valence-electron chi connectivity index (χ0n) is 39.4. The number of aromatic amines is 1. The van der Waals surface area contributed by atoms with Crippen LogP contribution >= 0.6 is 0 Å². The van der Waals surface area contributed by atoms with Crippen LogP contribution < -0.4 is 43.8 Å². The minimum absolute atomic E-state index is 0.0436. The van der Waals surface area contributed by atoms with Gasteiger partial charge in [0.25, 0.3) is 0 Å². The molecule has 28 heteroatoms. The molecule has 1 saturated heterocycles. The molecule has 1 aromatic carbocycles. The number of amides is 6. The van der Waals surface area contributed by atoms with E-state index >= 15 is 0 Å². The van der Waals surface area contributed by atoms with Gasteiger partial charge in [-0.1, -0.05) is 46.2 Å². The first-order valence-electron chi connectivity index (χ1n) is 22.3. The fourth-order valence-corrected chi connectivity index (χ4v) is 6.98. The van der Waals surface area contributed by atoms with Gasteiger partial charge in [0.2, 0.25) is 35.4 Å². The van der Waals surface area contributed by atoms with E-state index < -0.39 is 120 Å². The third kappa shape index (κ3) is 20.2. The van der Waals surface area contributed by atoms with Gasteiger partial charge in [0.05, 0.1) is 18.8 Å². The number of carbonyl (C=O) groups excluding carboxylic acids is 6. The van der Waals surface area contributed by atoms with Gasteiger partial charge < -0.3 is 74.1 Å². The molecule has 1 aliphatic rings. The molecule has 8 atom stereocenters. The summed E-state index contributed by atoms with van der Waals surface area (Å²) in [7, 11) is 0. The van der Waals surface area contributed by atoms with Crippen molar-refractivity contribution in [1.82, 2.24) is 41.5 Å². The van der Waals surface area contributed by atoms with Crippen LogP contribution in [0.2, 0.25) is 0 Å². The summed E-state index contributed by atoms with van der Waals surface area (Å²) >= 11 is 0. The minimum Gasteiger partial charge on any atom is -0.508 e. The number of nitrogens with two attached hydrogens (primary N) is 3. The largest absolute Gasteiger partial charge is 0.508 e. The highest BCUT2D eigenvalue weighted by Gasteiger charge is 2.41. The maximum absolute atomic E-state index is 14.3. The van der Waals surface area contributed by atoms with Gasteiger partial charge in [-0.3, -0.25) is 38.6 Å². The Labute approximate surface area is 405 Å². The fraction of sp³-hybridized carbons (Fsp3) is 0.558. The van der Waals surface area contributed by atoms with Gasteiger partial charge in [-0.25, -0.2) is 14.6 Å². The number of hydrogen-bond donors (Lipinski definition) is 13. The second-order valence-electron chi connectivity index (χ2n) is 16.9. The Morgan fingerprint density at radius 1 is 0.831 bits per heavy atom. The lowest BCUT2D eigenvalue weighted by Gasteiger charge is -2.31. The van der Waals surface area contributed by atoms with Crippen molar-refractivity contribution in [3.63, 3.8) is 0 Å². The van der Waals surface area contributed by atoms with Crippen LogP contribution in [0.4, 0.5) is 13.2 Å². The number of likely N-dealkylation sites (tertiary alicyclic amines) is 1. The molecule has 71 heavy (non-hydrogen) atoms. The molecule has 0 saturated carbocycles. The SMILES string of the molecule is CC[C@H](C)[C@H](NC(=O)[C@H](Cc1ccc(O)cc1)NC(=O)[C@@H](NC(=O)[C@H](CCCN=C(N)N)NC(=O)[C@@H](N)CC(=O)O)C(C)C)C(=O)N[C@@H](Cc1cnc[nH]1)C(=O)N1CCC[C@H]1C(=O)O.O=C(O)C(F)(F)F. The molecule has 1 aromatic heterocycles. The number of aromatic hydroxyl groups is 1. The van der Waals surface area contributed by atoms with Crippen molar-refractivity contribution in [2.45, 2.75) is 128 Å². The van der Waals surface area contributed by atoms with E-state index in [1.54, 1.807) is 27.7 Å². The van der Waals surface area contributed by atoms with Gasteiger partial charge in [0.1, 0.15) is 42.0 Å². The lowest BCUT2D eigenvalue weighted by molar-refractivity contribution is -0.192. The lowest BCUT2D eigenvalue weighted by atomic mass is 9.96. The number of H-pyrrole nitrogens is 1. The number of aliphatic carboxylic acids is 3. The first-order chi connectivity index (χ1) is 33.2. The maximum atomic E-state index is 14.3. The van der Waals surface area contributed by atoms with E-state index in [0.29, 0.717) is 24.1 Å². The van der Waals surface area contributed by atoms with Crippen molar-refractivity contribution in [3.8, 4) is 5.75 Å². The molecule has 0 radical (unpaired) electrons. The molecule has 16 N–H and O–H groups in total. The Kier molecular flexibility index (Phi) is 23.7. The molecule has 25 nitrogen and oxygen atoms in total. The number of nitrogens with zero attached hydrogens (tertiary/aromatic N) is 3. The summed E-state index contributed by atoms with van der Waals surface area (Å²) in [5.74, 6) is -11.4. The van der Waals surface area contributed by atoms with Crippen LogP contribution in [0.5, 0.6) is 5.75 Å². The number of carboxylic acids is 3. The second kappa shape index (κ2) is 28.2. The number of guanidine groups is 1. The van der Waals surface area contributed by atoms with Crippen molar-refractivity contribution < 1.29 is 76.7 Å². The third-order valence-corrected chi connectivity index (χ3v) is 11.0. The van der Waals surface area contributed by atoms with Crippen molar-refractivity contribution >= 4 is 59.3 Å². The van der Waals surface area contributed by atoms with E-state index in [-0.39, 0.29) is 56.9 Å². The standard InChI is InChI=1S/C41H62N12O11.C2HF3O2/c1-5-22(4)33(38(61)50-29(17-24-19-45-20-47-24)39(62)53-15-7-9-30(53)40(63)64)52-36(59)28(16-23-10-12-25(54)13-11-23)49-37(60)32(21(2)3)51-35(58)27(8-6-14-46-41(43)44)48-34(57)26(42)18-31(55)56;3-2(4,5)1(6)7/h10-13,19-22,26-30,32-33,54H,5-9,14-18,42H2,1-4H3,(H,45,47)(H,48,57)(H,49,60)(H,50,61)(H,51,58)(H,52,59)(H,55,56)(H,63,64)(H4,43,44,46);(H,6,7)/t22-,26-,27-,28-,29-,30-,32-,33-;/m0./s1. The number of alkyl halides is 3. The topological polar surface area (TPSA) is 417 Å². The summed E-state index contributed by atoms with van der Waals surface area (Å²) < 4.78 is 31.7. The van der Waals surface area contributed by atoms with Crippen LogP contribution in [0.25, 0.3) is 0 Å². The zero-order chi connectivity index (χ0) is 53.7. The molecular weight excluding hydrogens is 950 g/mol. The maximum Gasteiger partial charge on any atom is 0.490 e. The van der Waals surface area contributed by atoms with Gasteiger partial charge in [0.15, 0.2) is 5.96 Å². The van der Waals surface area contributed by atoms with Crippen molar-refractivity contribution in [2.75, 3.05) is 13.1 Å². The number of imidazole rings is 1. The number of hydrogen-bond acceptors (Lipinski definition) is 13. The number of nitrogens with one attached hydrogen (secondary N) is 6. The minimum atomic E-state index is -5.08. The molecule has 1 fully saturated rings. The summed E-state index contributed by atoms with van der Waals surface area (Å²) in [4.78, 5) is 127. The van der Waals surface area contributed by atoms with E-state index in [9.17, 15) is 61.7 Å². The number of benzene rings is 1. The van der Waals surface area contributed by atoms with E-state index in [0.717, 1.165) is 0 Å². The van der Waals surface area contributed by atoms with Gasteiger partial charge in [-0.2, -0.15) is 13.2 Å². The number of aliphatic imine (C=N–C) groups is 1. The van der Waals surface area contributed by atoms with Gasteiger partial charge >= 0.3 is 24.1 Å². The predicted molar refractivity (Wildman–Crippen MR) is 244 cm³/mol. The number of halogens is 3. The van der Waals surface area contributed by atoms with Crippen LogP contribution in [0.15, 0.2) is 41.8 Å². The summed E-state index contributed by atoms with van der Waals surface area (Å²) in [5.41, 5.74) is 17.5. The first-order valence-corrected chi connectivity index (χ1v) is 22.3. The molecule has 6 amide bonds. The highest BCUT2D eigenvalue weighted by molar-refractivity contribution is 5.97. The van der Waals surface area contributed by atoms with Crippen LogP contribution in [0.1, 0.15) is 77.5 Å². The normalized spacial score (nSPS) is 16.2. The van der Waals surface area contributed by atoms with Crippen LogP contribution in [-0.2, 0) is 56.0 Å². The van der Waals surface area contributed by atoms with Gasteiger partial charge in [-0.15, -0.1) is 0 Å². The lowest BCUT2D eigenvalue weighted by Crippen LogP contribution is -2.62. The molecular formula is C43H63F3N12O13. The predicted octanol–water partition coefficient (Wildman–Crippen LogP) is -1.41. The third-order valence-electron chi connectivity index (χ3n) is 11.0. The Hall–Kier alpha value is -7.52.